The highest BCUT2D eigenvalue weighted by atomic mass is 16.1. The molecule has 0 fully saturated rings. The molecule has 0 saturated heterocycles. The molecule has 0 saturated carbocycles. The van der Waals surface area contributed by atoms with Gasteiger partial charge in [0.2, 0.25) is 5.91 Å². The van der Waals surface area contributed by atoms with Gasteiger partial charge in [0.05, 0.1) is 34.6 Å². The summed E-state index contributed by atoms with van der Waals surface area (Å²) in [6.07, 6.45) is 0.831. The fourth-order valence-corrected chi connectivity index (χ4v) is 3.55. The molecule has 0 aliphatic rings. The van der Waals surface area contributed by atoms with Gasteiger partial charge in [-0.05, 0) is 30.5 Å². The van der Waals surface area contributed by atoms with Crippen LogP contribution in [0, 0.1) is 5.92 Å². The third kappa shape index (κ3) is 4.03. The van der Waals surface area contributed by atoms with Crippen molar-refractivity contribution < 1.29 is 4.79 Å². The van der Waals surface area contributed by atoms with E-state index < -0.39 is 0 Å². The minimum Gasteiger partial charge on any atom is -0.346 e. The van der Waals surface area contributed by atoms with E-state index >= 15 is 0 Å². The van der Waals surface area contributed by atoms with Crippen molar-refractivity contribution >= 4 is 27.7 Å². The van der Waals surface area contributed by atoms with Crippen molar-refractivity contribution in [1.29, 1.82) is 0 Å². The number of carbonyl (C=O) groups is 1. The Balaban J connectivity index is 1.59. The first-order valence-electron chi connectivity index (χ1n) is 9.71. The van der Waals surface area contributed by atoms with Crippen LogP contribution in [0.25, 0.3) is 21.8 Å². The van der Waals surface area contributed by atoms with Crippen LogP contribution in [0.4, 0.5) is 0 Å². The standard InChI is InChI=1S/C22H23N5O2/c1-13(2)11-19(21-24-16-9-5-6-10-17(16)25-21)23-20(28)12-18-14-7-3-4-8-15(14)22(29)27-26-18/h3-10,13,19H,11-12H2,1-2H3,(H,23,28)(H,24,25)(H,27,29)/t19-/m0/s1. The number of aromatic amines is 2. The monoisotopic (exact) mass is 389 g/mol. The number of benzene rings is 2. The van der Waals surface area contributed by atoms with Gasteiger partial charge in [0.25, 0.3) is 5.56 Å². The highest BCUT2D eigenvalue weighted by Crippen LogP contribution is 2.22. The van der Waals surface area contributed by atoms with E-state index in [0.29, 0.717) is 22.4 Å². The Morgan fingerprint density at radius 2 is 1.79 bits per heavy atom. The minimum atomic E-state index is -0.260. The van der Waals surface area contributed by atoms with Gasteiger partial charge in [-0.3, -0.25) is 9.59 Å². The molecule has 148 valence electrons. The number of imidazole rings is 1. The Labute approximate surface area is 167 Å². The van der Waals surface area contributed by atoms with Crippen LogP contribution in [0.5, 0.6) is 0 Å². The zero-order chi connectivity index (χ0) is 20.4. The van der Waals surface area contributed by atoms with Crippen LogP contribution < -0.4 is 10.9 Å². The predicted octanol–water partition coefficient (Wildman–Crippen LogP) is 3.25. The maximum atomic E-state index is 12.8. The molecule has 0 radical (unpaired) electrons. The Morgan fingerprint density at radius 1 is 1.07 bits per heavy atom. The summed E-state index contributed by atoms with van der Waals surface area (Å²) >= 11 is 0. The van der Waals surface area contributed by atoms with Crippen molar-refractivity contribution in [2.75, 3.05) is 0 Å². The number of hydrogen-bond acceptors (Lipinski definition) is 4. The van der Waals surface area contributed by atoms with E-state index in [1.165, 1.54) is 0 Å². The Hall–Kier alpha value is -3.48. The summed E-state index contributed by atoms with van der Waals surface area (Å²) in [5.74, 6) is 0.953. The number of nitrogens with one attached hydrogen (secondary N) is 3. The molecule has 1 amide bonds. The molecule has 0 spiro atoms. The Bertz CT molecular complexity index is 1190. The number of para-hydroxylation sites is 2. The summed E-state index contributed by atoms with van der Waals surface area (Å²) in [5.41, 5.74) is 2.10. The highest BCUT2D eigenvalue weighted by molar-refractivity contribution is 5.88. The topological polar surface area (TPSA) is 104 Å². The van der Waals surface area contributed by atoms with Gasteiger partial charge in [-0.25, -0.2) is 10.1 Å². The molecule has 4 aromatic rings. The molecule has 7 heteroatoms. The molecule has 4 rings (SSSR count). The summed E-state index contributed by atoms with van der Waals surface area (Å²) in [6, 6.07) is 14.7. The zero-order valence-electron chi connectivity index (χ0n) is 16.4. The summed E-state index contributed by atoms with van der Waals surface area (Å²) in [6.45, 7) is 4.22. The number of H-pyrrole nitrogens is 2. The molecular weight excluding hydrogens is 366 g/mol. The van der Waals surface area contributed by atoms with E-state index in [0.717, 1.165) is 23.3 Å². The molecule has 0 unspecified atom stereocenters. The van der Waals surface area contributed by atoms with Crippen molar-refractivity contribution in [1.82, 2.24) is 25.5 Å². The number of amides is 1. The molecule has 0 bridgehead atoms. The van der Waals surface area contributed by atoms with Crippen LogP contribution in [0.1, 0.15) is 37.8 Å². The number of aromatic nitrogens is 4. The molecule has 2 aromatic carbocycles. The summed E-state index contributed by atoms with van der Waals surface area (Å²) in [4.78, 5) is 32.8. The predicted molar refractivity (Wildman–Crippen MR) is 113 cm³/mol. The van der Waals surface area contributed by atoms with Gasteiger partial charge in [-0.2, -0.15) is 5.10 Å². The Kier molecular flexibility index (Phi) is 5.12. The van der Waals surface area contributed by atoms with Gasteiger partial charge in [0.15, 0.2) is 0 Å². The normalized spacial score (nSPS) is 12.5. The lowest BCUT2D eigenvalue weighted by atomic mass is 10.0. The second-order valence-corrected chi connectivity index (χ2v) is 7.61. The van der Waals surface area contributed by atoms with E-state index in [1.54, 1.807) is 12.1 Å². The second-order valence-electron chi connectivity index (χ2n) is 7.61. The summed E-state index contributed by atoms with van der Waals surface area (Å²) in [5, 5.41) is 10.9. The van der Waals surface area contributed by atoms with Gasteiger partial charge in [0, 0.05) is 5.39 Å². The molecule has 3 N–H and O–H groups in total. The van der Waals surface area contributed by atoms with Crippen molar-refractivity contribution in [2.24, 2.45) is 5.92 Å². The molecule has 29 heavy (non-hydrogen) atoms. The average molecular weight is 389 g/mol. The molecular formula is C22H23N5O2. The highest BCUT2D eigenvalue weighted by Gasteiger charge is 2.21. The van der Waals surface area contributed by atoms with Crippen molar-refractivity contribution in [3.8, 4) is 0 Å². The largest absolute Gasteiger partial charge is 0.346 e. The van der Waals surface area contributed by atoms with Crippen LogP contribution in [0.15, 0.2) is 53.3 Å². The summed E-state index contributed by atoms with van der Waals surface area (Å²) in [7, 11) is 0. The number of hydrogen-bond donors (Lipinski definition) is 3. The van der Waals surface area contributed by atoms with Gasteiger partial charge in [-0.1, -0.05) is 44.2 Å². The SMILES string of the molecule is CC(C)C[C@H](NC(=O)Cc1n[nH]c(=O)c2ccccc12)c1nc2ccccc2[nH]1. The van der Waals surface area contributed by atoms with Gasteiger partial charge in [-0.15, -0.1) is 0 Å². The van der Waals surface area contributed by atoms with E-state index in [-0.39, 0.29) is 23.9 Å². The third-order valence-electron chi connectivity index (χ3n) is 4.88. The first-order chi connectivity index (χ1) is 14.0. The van der Waals surface area contributed by atoms with Crippen molar-refractivity contribution in [3.63, 3.8) is 0 Å². The lowest BCUT2D eigenvalue weighted by Gasteiger charge is -2.19. The maximum Gasteiger partial charge on any atom is 0.272 e. The molecule has 0 aliphatic heterocycles. The zero-order valence-corrected chi connectivity index (χ0v) is 16.4. The van der Waals surface area contributed by atoms with Crippen LogP contribution in [-0.2, 0) is 11.2 Å². The molecule has 7 nitrogen and oxygen atoms in total. The number of rotatable bonds is 6. The fourth-order valence-electron chi connectivity index (χ4n) is 3.55. The van der Waals surface area contributed by atoms with E-state index in [9.17, 15) is 9.59 Å². The lowest BCUT2D eigenvalue weighted by Crippen LogP contribution is -2.32. The van der Waals surface area contributed by atoms with Gasteiger partial charge >= 0.3 is 0 Å². The Morgan fingerprint density at radius 3 is 2.55 bits per heavy atom. The van der Waals surface area contributed by atoms with Gasteiger partial charge < -0.3 is 10.3 Å². The van der Waals surface area contributed by atoms with Crippen LogP contribution >= 0.6 is 0 Å². The quantitative estimate of drug-likeness (QED) is 0.471. The number of nitrogens with zero attached hydrogens (tertiary/aromatic N) is 2. The van der Waals surface area contributed by atoms with Crippen molar-refractivity contribution in [2.45, 2.75) is 32.7 Å². The van der Waals surface area contributed by atoms with Crippen LogP contribution in [0.2, 0.25) is 0 Å². The molecule has 2 aromatic heterocycles. The fraction of sp³-hybridized carbons (Fsp3) is 0.273. The minimum absolute atomic E-state index is 0.0755. The molecule has 0 aliphatic carbocycles. The smallest absolute Gasteiger partial charge is 0.272 e. The maximum absolute atomic E-state index is 12.8. The first kappa shape index (κ1) is 18.9. The summed E-state index contributed by atoms with van der Waals surface area (Å²) < 4.78 is 0. The number of fused-ring (bicyclic) bond motifs is 2. The lowest BCUT2D eigenvalue weighted by molar-refractivity contribution is -0.121. The van der Waals surface area contributed by atoms with Crippen LogP contribution in [-0.4, -0.2) is 26.1 Å². The van der Waals surface area contributed by atoms with E-state index in [1.807, 2.05) is 36.4 Å². The first-order valence-corrected chi connectivity index (χ1v) is 9.71. The third-order valence-corrected chi connectivity index (χ3v) is 4.88. The van der Waals surface area contributed by atoms with E-state index in [2.05, 4.69) is 39.3 Å². The van der Waals surface area contributed by atoms with Crippen LogP contribution in [0.3, 0.4) is 0 Å². The van der Waals surface area contributed by atoms with E-state index in [4.69, 9.17) is 0 Å². The number of carbonyl (C=O) groups excluding carboxylic acids is 1. The molecule has 2 heterocycles. The average Bonchev–Trinajstić information content (AvgIpc) is 3.14. The van der Waals surface area contributed by atoms with Gasteiger partial charge in [0.1, 0.15) is 5.82 Å². The second kappa shape index (κ2) is 7.87. The van der Waals surface area contributed by atoms with Crippen molar-refractivity contribution in [3.05, 3.63) is 70.4 Å². The molecule has 1 atom stereocenters.